The molecule has 0 aliphatic carbocycles. The molecule has 0 saturated carbocycles. The van der Waals surface area contributed by atoms with Crippen LogP contribution in [0, 0.1) is 0 Å². The van der Waals surface area contributed by atoms with E-state index >= 15 is 0 Å². The molecule has 1 N–H and O–H groups in total. The van der Waals surface area contributed by atoms with Crippen LogP contribution in [0.15, 0.2) is 70.7 Å². The number of nitrogens with zero attached hydrogens (tertiary/aromatic N) is 1. The van der Waals surface area contributed by atoms with Crippen LogP contribution in [-0.4, -0.2) is 17.8 Å². The number of urea groups is 1. The molecule has 1 fully saturated rings. The average Bonchev–Trinajstić information content (AvgIpc) is 2.78. The van der Waals surface area contributed by atoms with Gasteiger partial charge in [-0.15, -0.1) is 0 Å². The van der Waals surface area contributed by atoms with Crippen LogP contribution in [0.25, 0.3) is 6.08 Å². The Bertz CT molecular complexity index is 1320. The van der Waals surface area contributed by atoms with Crippen molar-refractivity contribution < 1.29 is 19.1 Å². The zero-order chi connectivity index (χ0) is 24.4. The fraction of sp³-hybridized carbons (Fsp3) is 0.0417. The molecule has 1 heterocycles. The predicted octanol–water partition coefficient (Wildman–Crippen LogP) is 6.65. The van der Waals surface area contributed by atoms with E-state index in [0.29, 0.717) is 16.3 Å². The van der Waals surface area contributed by atoms with Gasteiger partial charge in [-0.1, -0.05) is 68.9 Å². The SMILES string of the molecule is O=C1NC(=O)N(c2ccc(Br)cc2)C(=O)/C1=C/c1cc(Cl)c(OCc2ccccc2Cl)c(Cl)c1. The Morgan fingerprint density at radius 2 is 1.56 bits per heavy atom. The summed E-state index contributed by atoms with van der Waals surface area (Å²) in [7, 11) is 0. The Hall–Kier alpha value is -2.84. The van der Waals surface area contributed by atoms with Gasteiger partial charge in [0.05, 0.1) is 15.7 Å². The molecular weight excluding hydrogens is 567 g/mol. The first-order valence-electron chi connectivity index (χ1n) is 9.77. The lowest BCUT2D eigenvalue weighted by molar-refractivity contribution is -0.122. The molecule has 1 saturated heterocycles. The molecule has 1 aliphatic heterocycles. The number of nitrogens with one attached hydrogen (secondary N) is 1. The van der Waals surface area contributed by atoms with Crippen LogP contribution in [-0.2, 0) is 16.2 Å². The Kier molecular flexibility index (Phi) is 7.28. The Morgan fingerprint density at radius 1 is 0.912 bits per heavy atom. The second-order valence-corrected chi connectivity index (χ2v) is 9.27. The van der Waals surface area contributed by atoms with Gasteiger partial charge in [0.15, 0.2) is 5.75 Å². The van der Waals surface area contributed by atoms with Gasteiger partial charge in [-0.2, -0.15) is 0 Å². The average molecular weight is 581 g/mol. The molecule has 4 amide bonds. The van der Waals surface area contributed by atoms with Crippen LogP contribution in [0.4, 0.5) is 10.5 Å². The van der Waals surface area contributed by atoms with Crippen molar-refractivity contribution in [1.82, 2.24) is 5.32 Å². The van der Waals surface area contributed by atoms with Crippen molar-refractivity contribution in [2.24, 2.45) is 0 Å². The Labute approximate surface area is 218 Å². The van der Waals surface area contributed by atoms with Gasteiger partial charge in [-0.05, 0) is 54.1 Å². The molecule has 1 aliphatic rings. The summed E-state index contributed by atoms with van der Waals surface area (Å²) in [6.45, 7) is 0.144. The lowest BCUT2D eigenvalue weighted by Gasteiger charge is -2.26. The van der Waals surface area contributed by atoms with E-state index in [1.165, 1.54) is 18.2 Å². The number of ether oxygens (including phenoxy) is 1. The standard InChI is InChI=1S/C24H14BrCl3N2O4/c25-15-5-7-16(8-6-15)30-23(32)17(22(31)29-24(30)33)9-13-10-19(27)21(20(28)11-13)34-12-14-3-1-2-4-18(14)26/h1-11H,12H2,(H,29,31,33)/b17-9+. The molecule has 0 aromatic heterocycles. The Balaban J connectivity index is 1.61. The van der Waals surface area contributed by atoms with E-state index in [2.05, 4.69) is 21.2 Å². The minimum absolute atomic E-state index is 0.144. The number of anilines is 1. The van der Waals surface area contributed by atoms with Gasteiger partial charge in [0.1, 0.15) is 12.2 Å². The number of benzene rings is 3. The summed E-state index contributed by atoms with van der Waals surface area (Å²) in [5, 5.41) is 3.07. The number of carbonyl (C=O) groups is 3. The fourth-order valence-corrected chi connectivity index (χ4v) is 4.28. The van der Waals surface area contributed by atoms with Crippen LogP contribution >= 0.6 is 50.7 Å². The van der Waals surface area contributed by atoms with Crippen molar-refractivity contribution in [1.29, 1.82) is 0 Å². The Morgan fingerprint density at radius 3 is 2.21 bits per heavy atom. The van der Waals surface area contributed by atoms with Crippen LogP contribution < -0.4 is 15.0 Å². The number of imide groups is 2. The van der Waals surface area contributed by atoms with E-state index in [4.69, 9.17) is 39.5 Å². The number of barbiturate groups is 1. The summed E-state index contributed by atoms with van der Waals surface area (Å²) in [5.41, 5.74) is 1.19. The third kappa shape index (κ3) is 5.13. The van der Waals surface area contributed by atoms with Gasteiger partial charge in [0.2, 0.25) is 0 Å². The molecule has 6 nitrogen and oxygen atoms in total. The molecule has 0 spiro atoms. The molecular formula is C24H14BrCl3N2O4. The first-order valence-corrected chi connectivity index (χ1v) is 11.7. The number of halogens is 4. The van der Waals surface area contributed by atoms with E-state index in [9.17, 15) is 14.4 Å². The molecule has 0 bridgehead atoms. The highest BCUT2D eigenvalue weighted by Crippen LogP contribution is 2.36. The van der Waals surface area contributed by atoms with Crippen LogP contribution in [0.2, 0.25) is 15.1 Å². The van der Waals surface area contributed by atoms with Crippen molar-refractivity contribution in [3.05, 3.63) is 96.9 Å². The normalized spacial score (nSPS) is 15.0. The zero-order valence-corrected chi connectivity index (χ0v) is 21.0. The summed E-state index contributed by atoms with van der Waals surface area (Å²) in [4.78, 5) is 38.7. The van der Waals surface area contributed by atoms with Crippen molar-refractivity contribution in [2.45, 2.75) is 6.61 Å². The molecule has 0 unspecified atom stereocenters. The summed E-state index contributed by atoms with van der Waals surface area (Å²) < 4.78 is 6.52. The number of hydrogen-bond acceptors (Lipinski definition) is 4. The van der Waals surface area contributed by atoms with Crippen LogP contribution in [0.3, 0.4) is 0 Å². The number of hydrogen-bond donors (Lipinski definition) is 1. The quantitative estimate of drug-likeness (QED) is 0.271. The van der Waals surface area contributed by atoms with E-state index in [-0.39, 0.29) is 28.0 Å². The highest BCUT2D eigenvalue weighted by molar-refractivity contribution is 9.10. The van der Waals surface area contributed by atoms with Crippen LogP contribution in [0.5, 0.6) is 5.75 Å². The second kappa shape index (κ2) is 10.2. The molecule has 3 aromatic rings. The third-order valence-corrected chi connectivity index (χ3v) is 6.31. The van der Waals surface area contributed by atoms with E-state index in [0.717, 1.165) is 14.9 Å². The fourth-order valence-electron chi connectivity index (χ4n) is 3.21. The highest BCUT2D eigenvalue weighted by atomic mass is 79.9. The van der Waals surface area contributed by atoms with E-state index in [1.54, 1.807) is 30.3 Å². The van der Waals surface area contributed by atoms with Gasteiger partial charge in [-0.3, -0.25) is 14.9 Å². The largest absolute Gasteiger partial charge is 0.486 e. The number of carbonyl (C=O) groups excluding carboxylic acids is 3. The third-order valence-electron chi connectivity index (χ3n) is 4.85. The van der Waals surface area contributed by atoms with Crippen molar-refractivity contribution >= 4 is 80.3 Å². The zero-order valence-electron chi connectivity index (χ0n) is 17.2. The van der Waals surface area contributed by atoms with Gasteiger partial charge in [-0.25, -0.2) is 9.69 Å². The monoisotopic (exact) mass is 578 g/mol. The number of amides is 4. The molecule has 0 radical (unpaired) electrons. The molecule has 0 atom stereocenters. The topological polar surface area (TPSA) is 75.7 Å². The first kappa shape index (κ1) is 24.3. The van der Waals surface area contributed by atoms with Crippen molar-refractivity contribution in [3.63, 3.8) is 0 Å². The lowest BCUT2D eigenvalue weighted by atomic mass is 10.1. The smallest absolute Gasteiger partial charge is 0.335 e. The summed E-state index contributed by atoms with van der Waals surface area (Å²) in [6.07, 6.45) is 1.31. The van der Waals surface area contributed by atoms with Gasteiger partial charge in [0.25, 0.3) is 11.8 Å². The minimum atomic E-state index is -0.839. The van der Waals surface area contributed by atoms with Gasteiger partial charge in [0, 0.05) is 15.1 Å². The highest BCUT2D eigenvalue weighted by Gasteiger charge is 2.36. The van der Waals surface area contributed by atoms with Crippen molar-refractivity contribution in [3.8, 4) is 5.75 Å². The molecule has 4 rings (SSSR count). The number of rotatable bonds is 5. The minimum Gasteiger partial charge on any atom is -0.486 e. The maximum absolute atomic E-state index is 13.0. The maximum Gasteiger partial charge on any atom is 0.335 e. The summed E-state index contributed by atoms with van der Waals surface area (Å²) in [6, 6.07) is 15.9. The maximum atomic E-state index is 13.0. The van der Waals surface area contributed by atoms with Gasteiger partial charge >= 0.3 is 6.03 Å². The van der Waals surface area contributed by atoms with Crippen LogP contribution in [0.1, 0.15) is 11.1 Å². The predicted molar refractivity (Wildman–Crippen MR) is 135 cm³/mol. The van der Waals surface area contributed by atoms with E-state index in [1.807, 2.05) is 18.2 Å². The van der Waals surface area contributed by atoms with Gasteiger partial charge < -0.3 is 4.74 Å². The first-order chi connectivity index (χ1) is 16.2. The second-order valence-electron chi connectivity index (χ2n) is 7.13. The van der Waals surface area contributed by atoms with E-state index < -0.39 is 17.8 Å². The molecule has 3 aromatic carbocycles. The lowest BCUT2D eigenvalue weighted by Crippen LogP contribution is -2.54. The molecule has 10 heteroatoms. The summed E-state index contributed by atoms with van der Waals surface area (Å²) in [5.74, 6) is -1.37. The molecule has 34 heavy (non-hydrogen) atoms. The van der Waals surface area contributed by atoms with Crippen molar-refractivity contribution in [2.75, 3.05) is 4.90 Å². The summed E-state index contributed by atoms with van der Waals surface area (Å²) >= 11 is 22.2. The molecule has 172 valence electrons.